The van der Waals surface area contributed by atoms with E-state index in [1.54, 1.807) is 19.2 Å². The third kappa shape index (κ3) is 3.82. The van der Waals surface area contributed by atoms with Gasteiger partial charge in [0.05, 0.1) is 4.90 Å². The Balaban J connectivity index is 2.10. The SMILES string of the molecule is CN(CCN1CCCC1)S(=O)(=O)c1cc(Br)ccc1Br. The fourth-order valence-corrected chi connectivity index (χ4v) is 4.87. The Labute approximate surface area is 137 Å². The van der Waals surface area contributed by atoms with Gasteiger partial charge in [-0.1, -0.05) is 15.9 Å². The number of hydrogen-bond acceptors (Lipinski definition) is 3. The molecule has 4 nitrogen and oxygen atoms in total. The van der Waals surface area contributed by atoms with Crippen LogP contribution in [-0.2, 0) is 10.0 Å². The Kier molecular flexibility index (Phi) is 5.64. The number of sulfonamides is 1. The molecule has 0 bridgehead atoms. The van der Waals surface area contributed by atoms with Crippen molar-refractivity contribution in [3.05, 3.63) is 27.1 Å². The average Bonchev–Trinajstić information content (AvgIpc) is 2.91. The van der Waals surface area contributed by atoms with E-state index in [4.69, 9.17) is 0 Å². The third-order valence-corrected chi connectivity index (χ3v) is 6.86. The zero-order valence-corrected chi connectivity index (χ0v) is 15.3. The van der Waals surface area contributed by atoms with Gasteiger partial charge in [-0.15, -0.1) is 0 Å². The van der Waals surface area contributed by atoms with Gasteiger partial charge in [-0.25, -0.2) is 8.42 Å². The predicted octanol–water partition coefficient (Wildman–Crippen LogP) is 2.93. The van der Waals surface area contributed by atoms with Crippen molar-refractivity contribution in [1.29, 1.82) is 0 Å². The molecule has 0 amide bonds. The molecule has 0 aromatic heterocycles. The highest BCUT2D eigenvalue weighted by molar-refractivity contribution is 9.11. The summed E-state index contributed by atoms with van der Waals surface area (Å²) >= 11 is 6.63. The Morgan fingerprint density at radius 3 is 2.55 bits per heavy atom. The van der Waals surface area contributed by atoms with E-state index in [9.17, 15) is 8.42 Å². The lowest BCUT2D eigenvalue weighted by atomic mass is 10.4. The van der Waals surface area contributed by atoms with E-state index in [0.29, 0.717) is 15.9 Å². The summed E-state index contributed by atoms with van der Waals surface area (Å²) in [4.78, 5) is 2.61. The van der Waals surface area contributed by atoms with E-state index in [0.717, 1.165) is 24.1 Å². The summed E-state index contributed by atoms with van der Waals surface area (Å²) in [6.45, 7) is 3.46. The van der Waals surface area contributed by atoms with Crippen LogP contribution in [0.15, 0.2) is 32.0 Å². The summed E-state index contributed by atoms with van der Waals surface area (Å²) < 4.78 is 27.9. The summed E-state index contributed by atoms with van der Waals surface area (Å²) in [5.41, 5.74) is 0. The van der Waals surface area contributed by atoms with E-state index in [1.165, 1.54) is 17.1 Å². The minimum absolute atomic E-state index is 0.302. The van der Waals surface area contributed by atoms with Crippen molar-refractivity contribution in [2.75, 3.05) is 33.2 Å². The summed E-state index contributed by atoms with van der Waals surface area (Å²) in [5.74, 6) is 0. The van der Waals surface area contributed by atoms with E-state index >= 15 is 0 Å². The second kappa shape index (κ2) is 6.87. The first-order valence-corrected chi connectivity index (χ1v) is 9.57. The first kappa shape index (κ1) is 16.4. The van der Waals surface area contributed by atoms with E-state index in [1.807, 2.05) is 6.07 Å². The van der Waals surface area contributed by atoms with Crippen molar-refractivity contribution in [3.8, 4) is 0 Å². The second-order valence-corrected chi connectivity index (χ2v) is 8.73. The molecule has 0 spiro atoms. The van der Waals surface area contributed by atoms with Gasteiger partial charge in [0.1, 0.15) is 0 Å². The molecule has 0 aliphatic carbocycles. The lowest BCUT2D eigenvalue weighted by Gasteiger charge is -2.21. The second-order valence-electron chi connectivity index (χ2n) is 4.95. The Morgan fingerprint density at radius 2 is 1.90 bits per heavy atom. The van der Waals surface area contributed by atoms with Crippen LogP contribution in [0.1, 0.15) is 12.8 Å². The summed E-state index contributed by atoms with van der Waals surface area (Å²) in [5, 5.41) is 0. The van der Waals surface area contributed by atoms with Crippen molar-refractivity contribution in [1.82, 2.24) is 9.21 Å². The Bertz CT molecular complexity index is 572. The molecule has 1 fully saturated rings. The number of hydrogen-bond donors (Lipinski definition) is 0. The summed E-state index contributed by atoms with van der Waals surface area (Å²) in [6.07, 6.45) is 2.43. The number of rotatable bonds is 5. The molecule has 2 rings (SSSR count). The quantitative estimate of drug-likeness (QED) is 0.728. The molecule has 0 radical (unpaired) electrons. The zero-order valence-electron chi connectivity index (χ0n) is 11.3. The van der Waals surface area contributed by atoms with Crippen molar-refractivity contribution in [3.63, 3.8) is 0 Å². The maximum Gasteiger partial charge on any atom is 0.244 e. The first-order valence-electron chi connectivity index (χ1n) is 6.55. The van der Waals surface area contributed by atoms with E-state index in [-0.39, 0.29) is 0 Å². The molecule has 0 atom stereocenters. The fraction of sp³-hybridized carbons (Fsp3) is 0.538. The van der Waals surface area contributed by atoms with Crippen LogP contribution in [0.2, 0.25) is 0 Å². The van der Waals surface area contributed by atoms with Crippen LogP contribution in [0.5, 0.6) is 0 Å². The number of likely N-dealkylation sites (N-methyl/N-ethyl adjacent to an activating group) is 1. The van der Waals surface area contributed by atoms with Gasteiger partial charge >= 0.3 is 0 Å². The highest BCUT2D eigenvalue weighted by Crippen LogP contribution is 2.27. The van der Waals surface area contributed by atoms with Crippen LogP contribution in [0.4, 0.5) is 0 Å². The number of nitrogens with zero attached hydrogens (tertiary/aromatic N) is 2. The molecule has 0 N–H and O–H groups in total. The molecule has 1 aliphatic heterocycles. The van der Waals surface area contributed by atoms with Gasteiger partial charge < -0.3 is 4.90 Å². The van der Waals surface area contributed by atoms with Gasteiger partial charge in [-0.3, -0.25) is 0 Å². The third-order valence-electron chi connectivity index (χ3n) is 3.51. The molecule has 1 aliphatic rings. The van der Waals surface area contributed by atoms with E-state index < -0.39 is 10.0 Å². The Morgan fingerprint density at radius 1 is 1.25 bits per heavy atom. The maximum absolute atomic E-state index is 12.6. The van der Waals surface area contributed by atoms with Gasteiger partial charge in [0.15, 0.2) is 0 Å². The van der Waals surface area contributed by atoms with Crippen molar-refractivity contribution in [2.45, 2.75) is 17.7 Å². The number of benzene rings is 1. The zero-order chi connectivity index (χ0) is 14.8. The van der Waals surface area contributed by atoms with Crippen LogP contribution in [0.3, 0.4) is 0 Å². The molecular weight excluding hydrogens is 408 g/mol. The topological polar surface area (TPSA) is 40.6 Å². The molecule has 0 unspecified atom stereocenters. The highest BCUT2D eigenvalue weighted by atomic mass is 79.9. The normalized spacial score (nSPS) is 17.0. The fourth-order valence-electron chi connectivity index (χ4n) is 2.25. The molecule has 1 saturated heterocycles. The average molecular weight is 426 g/mol. The van der Waals surface area contributed by atoms with Gasteiger partial charge in [-0.2, -0.15) is 4.31 Å². The smallest absolute Gasteiger partial charge is 0.244 e. The van der Waals surface area contributed by atoms with Gasteiger partial charge in [0.25, 0.3) is 0 Å². The van der Waals surface area contributed by atoms with Crippen LogP contribution in [0, 0.1) is 0 Å². The standard InChI is InChI=1S/C13H18Br2N2O2S/c1-16(8-9-17-6-2-3-7-17)20(18,19)13-10-11(14)4-5-12(13)15/h4-5,10H,2-3,6-9H2,1H3. The monoisotopic (exact) mass is 424 g/mol. The lowest BCUT2D eigenvalue weighted by Crippen LogP contribution is -2.35. The van der Waals surface area contributed by atoms with Crippen LogP contribution in [-0.4, -0.2) is 50.8 Å². The summed E-state index contributed by atoms with van der Waals surface area (Å²) in [6, 6.07) is 5.18. The van der Waals surface area contributed by atoms with Crippen LogP contribution >= 0.6 is 31.9 Å². The van der Waals surface area contributed by atoms with Gasteiger partial charge in [0.2, 0.25) is 10.0 Å². The molecule has 1 aromatic carbocycles. The van der Waals surface area contributed by atoms with Crippen molar-refractivity contribution in [2.24, 2.45) is 0 Å². The molecular formula is C13H18Br2N2O2S. The summed E-state index contributed by atoms with van der Waals surface area (Å²) in [7, 11) is -1.82. The van der Waals surface area contributed by atoms with Crippen molar-refractivity contribution < 1.29 is 8.42 Å². The van der Waals surface area contributed by atoms with Gasteiger partial charge in [-0.05, 0) is 60.1 Å². The molecule has 1 heterocycles. The molecule has 112 valence electrons. The molecule has 1 aromatic rings. The minimum atomic E-state index is -3.45. The predicted molar refractivity (Wildman–Crippen MR) is 87.3 cm³/mol. The van der Waals surface area contributed by atoms with Crippen LogP contribution < -0.4 is 0 Å². The van der Waals surface area contributed by atoms with Crippen molar-refractivity contribution >= 4 is 41.9 Å². The Hall–Kier alpha value is 0.0500. The number of halogens is 2. The molecule has 20 heavy (non-hydrogen) atoms. The minimum Gasteiger partial charge on any atom is -0.302 e. The first-order chi connectivity index (χ1) is 9.41. The lowest BCUT2D eigenvalue weighted by molar-refractivity contribution is 0.310. The maximum atomic E-state index is 12.6. The largest absolute Gasteiger partial charge is 0.302 e. The van der Waals surface area contributed by atoms with Gasteiger partial charge in [0, 0.05) is 29.1 Å². The molecule has 0 saturated carbocycles. The number of likely N-dealkylation sites (tertiary alicyclic amines) is 1. The molecule has 7 heteroatoms. The highest BCUT2D eigenvalue weighted by Gasteiger charge is 2.24. The van der Waals surface area contributed by atoms with E-state index in [2.05, 4.69) is 36.8 Å². The van der Waals surface area contributed by atoms with Crippen LogP contribution in [0.25, 0.3) is 0 Å².